The van der Waals surface area contributed by atoms with E-state index in [1.54, 1.807) is 13.2 Å². The van der Waals surface area contributed by atoms with Gasteiger partial charge in [0.05, 0.1) is 24.5 Å². The number of methoxy groups -OCH3 is 1. The molecule has 1 N–H and O–H groups in total. The number of carbonyl (C=O) groups is 2. The Balaban J connectivity index is 0.000000384. The lowest BCUT2D eigenvalue weighted by molar-refractivity contribution is -0.192. The van der Waals surface area contributed by atoms with Crippen molar-refractivity contribution in [1.82, 2.24) is 14.5 Å². The molecule has 36 heavy (non-hydrogen) atoms. The van der Waals surface area contributed by atoms with Crippen molar-refractivity contribution in [3.63, 3.8) is 0 Å². The van der Waals surface area contributed by atoms with Crippen LogP contribution in [0.15, 0.2) is 53.2 Å². The Kier molecular flexibility index (Phi) is 6.81. The second kappa shape index (κ2) is 9.69. The minimum absolute atomic E-state index is 0.0586. The van der Waals surface area contributed by atoms with Crippen molar-refractivity contribution < 1.29 is 37.0 Å². The number of rotatable bonds is 4. The number of hydrogen-bond acceptors (Lipinski definition) is 6. The number of anilines is 1. The van der Waals surface area contributed by atoms with E-state index in [2.05, 4.69) is 38.8 Å². The lowest BCUT2D eigenvalue weighted by Crippen LogP contribution is -2.53. The van der Waals surface area contributed by atoms with Gasteiger partial charge in [-0.05, 0) is 49.7 Å². The first-order chi connectivity index (χ1) is 17.1. The maximum atomic E-state index is 13.1. The first-order valence-electron chi connectivity index (χ1n) is 11.1. The van der Waals surface area contributed by atoms with E-state index in [0.717, 1.165) is 35.9 Å². The molecule has 5 rings (SSSR count). The number of ether oxygens (including phenoxy) is 1. The molecule has 0 radical (unpaired) electrons. The maximum absolute atomic E-state index is 13.1. The number of amides is 1. The highest BCUT2D eigenvalue weighted by Gasteiger charge is 2.51. The molecule has 0 bridgehead atoms. The van der Waals surface area contributed by atoms with Crippen LogP contribution < -0.4 is 4.90 Å². The van der Waals surface area contributed by atoms with Gasteiger partial charge in [-0.2, -0.15) is 13.2 Å². The van der Waals surface area contributed by atoms with Crippen LogP contribution in [0.25, 0.3) is 5.82 Å². The number of alkyl halides is 3. The number of carboxylic acid groups (broad SMARTS) is 1. The molecule has 12 heteroatoms. The maximum Gasteiger partial charge on any atom is 0.490 e. The van der Waals surface area contributed by atoms with Crippen LogP contribution in [0, 0.1) is 6.92 Å². The van der Waals surface area contributed by atoms with Gasteiger partial charge in [0, 0.05) is 32.6 Å². The lowest BCUT2D eigenvalue weighted by Gasteiger charge is -2.47. The molecular formula is C24H25F3N4O5. The zero-order valence-electron chi connectivity index (χ0n) is 19.7. The summed E-state index contributed by atoms with van der Waals surface area (Å²) in [5.74, 6) is -0.753. The third kappa shape index (κ3) is 4.55. The smallest absolute Gasteiger partial charge is 0.475 e. The van der Waals surface area contributed by atoms with Crippen LogP contribution in [0.3, 0.4) is 0 Å². The highest BCUT2D eigenvalue weighted by atomic mass is 19.4. The predicted octanol–water partition coefficient (Wildman–Crippen LogP) is 3.61. The average molecular weight is 506 g/mol. The minimum atomic E-state index is -5.08. The second-order valence-corrected chi connectivity index (χ2v) is 8.48. The molecule has 1 atom stereocenters. The van der Waals surface area contributed by atoms with Crippen LogP contribution in [0.5, 0.6) is 0 Å². The van der Waals surface area contributed by atoms with Gasteiger partial charge < -0.3 is 28.6 Å². The molecule has 1 amide bonds. The molecule has 1 saturated heterocycles. The zero-order chi connectivity index (χ0) is 26.1. The van der Waals surface area contributed by atoms with Gasteiger partial charge in [-0.25, -0.2) is 9.78 Å². The number of halogens is 3. The average Bonchev–Trinajstić information content (AvgIpc) is 3.59. The molecule has 192 valence electrons. The number of carbonyl (C=O) groups excluding carboxylic acids is 1. The topological polar surface area (TPSA) is 101 Å². The Morgan fingerprint density at radius 3 is 2.61 bits per heavy atom. The monoisotopic (exact) mass is 506 g/mol. The highest BCUT2D eigenvalue weighted by molar-refractivity contribution is 5.92. The molecule has 2 aliphatic rings. The van der Waals surface area contributed by atoms with Crippen molar-refractivity contribution in [3.05, 3.63) is 66.0 Å². The van der Waals surface area contributed by atoms with Gasteiger partial charge in [0.1, 0.15) is 11.3 Å². The van der Waals surface area contributed by atoms with E-state index in [-0.39, 0.29) is 11.4 Å². The Bertz CT molecular complexity index is 1250. The van der Waals surface area contributed by atoms with E-state index in [9.17, 15) is 18.0 Å². The molecule has 0 saturated carbocycles. The number of aromatic nitrogens is 2. The molecule has 1 spiro atoms. The first-order valence-corrected chi connectivity index (χ1v) is 11.1. The molecule has 3 aromatic heterocycles. The standard InChI is InChI=1S/C22H24N4O3.C2HF3O2/c1-16-7-8-18(29-16)21(27)24-12-9-22(15-24)19-6-4-11-25(19)20-17(5-3-10-23-20)26(22)13-14-28-2;3-2(4,5)1(6)7/h3-8,10-11H,9,12-15H2,1-2H3;(H,6,7). The van der Waals surface area contributed by atoms with Crippen LogP contribution in [-0.2, 0) is 15.1 Å². The van der Waals surface area contributed by atoms with Crippen LogP contribution in [-0.4, -0.2) is 71.0 Å². The highest BCUT2D eigenvalue weighted by Crippen LogP contribution is 2.47. The summed E-state index contributed by atoms with van der Waals surface area (Å²) in [6.45, 7) is 4.44. The van der Waals surface area contributed by atoms with E-state index in [1.807, 2.05) is 30.2 Å². The molecule has 5 heterocycles. The van der Waals surface area contributed by atoms with E-state index in [1.165, 1.54) is 0 Å². The molecular weight excluding hydrogens is 481 g/mol. The van der Waals surface area contributed by atoms with Crippen molar-refractivity contribution in [2.24, 2.45) is 0 Å². The molecule has 0 aromatic carbocycles. The van der Waals surface area contributed by atoms with E-state index in [4.69, 9.17) is 19.1 Å². The fourth-order valence-electron chi connectivity index (χ4n) is 4.72. The van der Waals surface area contributed by atoms with Crippen LogP contribution in [0.4, 0.5) is 18.9 Å². The van der Waals surface area contributed by atoms with Gasteiger partial charge in [-0.1, -0.05) is 0 Å². The summed E-state index contributed by atoms with van der Waals surface area (Å²) in [6, 6.07) is 11.8. The fraction of sp³-hybridized carbons (Fsp3) is 0.375. The lowest BCUT2D eigenvalue weighted by atomic mass is 9.89. The van der Waals surface area contributed by atoms with Crippen molar-refractivity contribution in [1.29, 1.82) is 0 Å². The van der Waals surface area contributed by atoms with E-state index in [0.29, 0.717) is 25.5 Å². The third-order valence-electron chi connectivity index (χ3n) is 6.27. The molecule has 9 nitrogen and oxygen atoms in total. The third-order valence-corrected chi connectivity index (χ3v) is 6.27. The number of aryl methyl sites for hydroxylation is 1. The number of hydrogen-bond donors (Lipinski definition) is 1. The van der Waals surface area contributed by atoms with Gasteiger partial charge in [-0.15, -0.1) is 0 Å². The van der Waals surface area contributed by atoms with Gasteiger partial charge in [0.25, 0.3) is 5.91 Å². The summed E-state index contributed by atoms with van der Waals surface area (Å²) in [6.07, 6.45) is -0.379. The van der Waals surface area contributed by atoms with Crippen LogP contribution in [0.1, 0.15) is 28.4 Å². The van der Waals surface area contributed by atoms with Gasteiger partial charge >= 0.3 is 12.1 Å². The summed E-state index contributed by atoms with van der Waals surface area (Å²) >= 11 is 0. The predicted molar refractivity (Wildman–Crippen MR) is 122 cm³/mol. The summed E-state index contributed by atoms with van der Waals surface area (Å²) in [5, 5.41) is 7.12. The molecule has 1 unspecified atom stereocenters. The number of furan rings is 1. The SMILES string of the molecule is COCCN1c2cccnc2-n2cccc2C12CCN(C(=O)c1ccc(C)o1)C2.O=C(O)C(F)(F)F. The van der Waals surface area contributed by atoms with Crippen LogP contribution >= 0.6 is 0 Å². The molecule has 1 fully saturated rings. The Morgan fingerprint density at radius 1 is 1.22 bits per heavy atom. The Morgan fingerprint density at radius 2 is 1.97 bits per heavy atom. The van der Waals surface area contributed by atoms with Crippen molar-refractivity contribution in [3.8, 4) is 5.82 Å². The van der Waals surface area contributed by atoms with Crippen molar-refractivity contribution in [2.45, 2.75) is 25.1 Å². The largest absolute Gasteiger partial charge is 0.490 e. The second-order valence-electron chi connectivity index (χ2n) is 8.48. The molecule has 3 aromatic rings. The number of carboxylic acids is 1. The summed E-state index contributed by atoms with van der Waals surface area (Å²) in [5.41, 5.74) is 1.90. The van der Waals surface area contributed by atoms with E-state index >= 15 is 0 Å². The van der Waals surface area contributed by atoms with Gasteiger partial charge in [0.15, 0.2) is 11.6 Å². The van der Waals surface area contributed by atoms with Gasteiger partial charge in [0.2, 0.25) is 0 Å². The molecule has 0 aliphatic carbocycles. The zero-order valence-corrected chi connectivity index (χ0v) is 19.7. The normalized spacial score (nSPS) is 18.5. The van der Waals surface area contributed by atoms with Crippen LogP contribution in [0.2, 0.25) is 0 Å². The van der Waals surface area contributed by atoms with Crippen molar-refractivity contribution >= 4 is 17.6 Å². The summed E-state index contributed by atoms with van der Waals surface area (Å²) in [4.78, 5) is 30.9. The Hall–Kier alpha value is -3.80. The number of nitrogens with zero attached hydrogens (tertiary/aromatic N) is 4. The van der Waals surface area contributed by atoms with Crippen molar-refractivity contribution in [2.75, 3.05) is 38.3 Å². The first kappa shape index (κ1) is 25.3. The van der Waals surface area contributed by atoms with E-state index < -0.39 is 12.1 Å². The summed E-state index contributed by atoms with van der Waals surface area (Å²) < 4.78 is 44.9. The molecule has 2 aliphatic heterocycles. The number of aliphatic carboxylic acids is 1. The summed E-state index contributed by atoms with van der Waals surface area (Å²) in [7, 11) is 1.72. The number of pyridine rings is 1. The number of likely N-dealkylation sites (tertiary alicyclic amines) is 1. The van der Waals surface area contributed by atoms with Gasteiger partial charge in [-0.3, -0.25) is 4.79 Å². The quantitative estimate of drug-likeness (QED) is 0.577. The number of fused-ring (bicyclic) bond motifs is 4. The Labute approximate surface area is 204 Å². The fourth-order valence-corrected chi connectivity index (χ4v) is 4.72. The minimum Gasteiger partial charge on any atom is -0.475 e.